The quantitative estimate of drug-likeness (QED) is 0.565. The fraction of sp³-hybridized carbons (Fsp3) is 0.500. The Morgan fingerprint density at radius 3 is 2.46 bits per heavy atom. The van der Waals surface area contributed by atoms with Crippen molar-refractivity contribution in [3.8, 4) is 0 Å². The van der Waals surface area contributed by atoms with Crippen molar-refractivity contribution in [2.75, 3.05) is 13.1 Å². The van der Waals surface area contributed by atoms with E-state index in [0.29, 0.717) is 0 Å². The van der Waals surface area contributed by atoms with Crippen molar-refractivity contribution in [1.82, 2.24) is 4.90 Å². The van der Waals surface area contributed by atoms with Crippen LogP contribution in [0, 0.1) is 0 Å². The zero-order valence-electron chi connectivity index (χ0n) is 9.09. The van der Waals surface area contributed by atoms with Gasteiger partial charge in [0.25, 0.3) is 0 Å². The number of rotatable bonds is 6. The molecular formula is C12H21N. The van der Waals surface area contributed by atoms with Gasteiger partial charge in [0.1, 0.15) is 0 Å². The minimum absolute atomic E-state index is 1.06. The molecule has 0 N–H and O–H groups in total. The Morgan fingerprint density at radius 1 is 1.38 bits per heavy atom. The van der Waals surface area contributed by atoms with Gasteiger partial charge in [-0.3, -0.25) is 0 Å². The van der Waals surface area contributed by atoms with E-state index in [0.717, 1.165) is 13.1 Å². The lowest BCUT2D eigenvalue weighted by atomic mass is 10.3. The molecule has 0 heterocycles. The van der Waals surface area contributed by atoms with E-state index in [-0.39, 0.29) is 0 Å². The molecule has 0 aliphatic heterocycles. The second-order valence-corrected chi connectivity index (χ2v) is 2.89. The molecule has 0 aromatic rings. The van der Waals surface area contributed by atoms with Crippen molar-refractivity contribution in [2.24, 2.45) is 0 Å². The second kappa shape index (κ2) is 7.66. The van der Waals surface area contributed by atoms with Gasteiger partial charge in [0, 0.05) is 18.8 Å². The van der Waals surface area contributed by atoms with E-state index in [2.05, 4.69) is 44.4 Å². The molecule has 0 atom stereocenters. The average Bonchev–Trinajstić information content (AvgIpc) is 2.17. The third kappa shape index (κ3) is 4.56. The third-order valence-corrected chi connectivity index (χ3v) is 1.94. The summed E-state index contributed by atoms with van der Waals surface area (Å²) in [6.07, 6.45) is 9.22. The fourth-order valence-corrected chi connectivity index (χ4v) is 1.29. The van der Waals surface area contributed by atoms with Crippen LogP contribution in [0.2, 0.25) is 0 Å². The summed E-state index contributed by atoms with van der Waals surface area (Å²) in [5, 5.41) is 0. The Bertz CT molecular complexity index is 189. The summed E-state index contributed by atoms with van der Waals surface area (Å²) in [4.78, 5) is 2.36. The van der Waals surface area contributed by atoms with E-state index < -0.39 is 0 Å². The second-order valence-electron chi connectivity index (χ2n) is 2.89. The number of hydrogen-bond donors (Lipinski definition) is 0. The zero-order chi connectivity index (χ0) is 10.1. The van der Waals surface area contributed by atoms with Crippen LogP contribution in [0.15, 0.2) is 36.6 Å². The summed E-state index contributed by atoms with van der Waals surface area (Å²) >= 11 is 0. The Kier molecular flexibility index (Phi) is 7.08. The highest BCUT2D eigenvalue weighted by atomic mass is 15.1. The molecule has 13 heavy (non-hydrogen) atoms. The smallest absolute Gasteiger partial charge is 0.0322 e. The molecule has 0 radical (unpaired) electrons. The lowest BCUT2D eigenvalue weighted by Gasteiger charge is -2.23. The number of hydrogen-bond acceptors (Lipinski definition) is 1. The van der Waals surface area contributed by atoms with Gasteiger partial charge in [-0.25, -0.2) is 0 Å². The molecule has 1 nitrogen and oxygen atoms in total. The van der Waals surface area contributed by atoms with E-state index in [4.69, 9.17) is 0 Å². The van der Waals surface area contributed by atoms with Crippen molar-refractivity contribution in [1.29, 1.82) is 0 Å². The average molecular weight is 179 g/mol. The number of likely N-dealkylation sites (N-methyl/N-ethyl adjacent to an activating group) is 1. The molecule has 0 rings (SSSR count). The molecule has 0 aliphatic carbocycles. The van der Waals surface area contributed by atoms with Crippen LogP contribution in [0.25, 0.3) is 0 Å². The first-order chi connectivity index (χ1) is 6.29. The summed E-state index contributed by atoms with van der Waals surface area (Å²) in [6, 6.07) is 0. The molecule has 0 spiro atoms. The van der Waals surface area contributed by atoms with Crippen molar-refractivity contribution in [2.45, 2.75) is 27.2 Å². The lowest BCUT2D eigenvalue weighted by molar-refractivity contribution is 0.373. The van der Waals surface area contributed by atoms with Gasteiger partial charge in [0.05, 0.1) is 0 Å². The molecule has 0 amide bonds. The van der Waals surface area contributed by atoms with Crippen LogP contribution in [0.4, 0.5) is 0 Å². The van der Waals surface area contributed by atoms with Gasteiger partial charge in [-0.2, -0.15) is 0 Å². The van der Waals surface area contributed by atoms with Crippen LogP contribution in [0.3, 0.4) is 0 Å². The Morgan fingerprint density at radius 2 is 2.08 bits per heavy atom. The SMILES string of the molecule is C=C/C=C\C(=C/C)N(CC)CCC. The minimum Gasteiger partial charge on any atom is -0.372 e. The third-order valence-electron chi connectivity index (χ3n) is 1.94. The van der Waals surface area contributed by atoms with E-state index in [1.807, 2.05) is 12.2 Å². The summed E-state index contributed by atoms with van der Waals surface area (Å²) < 4.78 is 0. The summed E-state index contributed by atoms with van der Waals surface area (Å²) in [5.74, 6) is 0. The van der Waals surface area contributed by atoms with Crippen molar-refractivity contribution >= 4 is 0 Å². The maximum Gasteiger partial charge on any atom is 0.0322 e. The summed E-state index contributed by atoms with van der Waals surface area (Å²) in [7, 11) is 0. The molecule has 0 saturated carbocycles. The molecule has 1 heteroatoms. The van der Waals surface area contributed by atoms with Crippen molar-refractivity contribution < 1.29 is 0 Å². The van der Waals surface area contributed by atoms with Crippen LogP contribution >= 0.6 is 0 Å². The maximum absolute atomic E-state index is 3.67. The molecule has 0 bridgehead atoms. The highest BCUT2D eigenvalue weighted by Crippen LogP contribution is 2.06. The molecule has 74 valence electrons. The van der Waals surface area contributed by atoms with E-state index >= 15 is 0 Å². The first-order valence-electron chi connectivity index (χ1n) is 5.00. The normalized spacial score (nSPS) is 12.1. The van der Waals surface area contributed by atoms with Gasteiger partial charge in [-0.1, -0.05) is 31.7 Å². The monoisotopic (exact) mass is 179 g/mol. The molecule has 0 aliphatic rings. The van der Waals surface area contributed by atoms with Crippen LogP contribution in [0.1, 0.15) is 27.2 Å². The van der Waals surface area contributed by atoms with E-state index in [9.17, 15) is 0 Å². The Labute approximate surface area is 82.4 Å². The standard InChI is InChI=1S/C12H21N/c1-5-9-10-12(7-3)13(8-4)11-6-2/h5,7,9-10H,1,6,8,11H2,2-4H3/b10-9-,12-7+. The Hall–Kier alpha value is -0.980. The van der Waals surface area contributed by atoms with E-state index in [1.54, 1.807) is 0 Å². The van der Waals surface area contributed by atoms with Gasteiger partial charge >= 0.3 is 0 Å². The van der Waals surface area contributed by atoms with Gasteiger partial charge in [0.15, 0.2) is 0 Å². The zero-order valence-corrected chi connectivity index (χ0v) is 9.09. The largest absolute Gasteiger partial charge is 0.372 e. The number of nitrogens with zero attached hydrogens (tertiary/aromatic N) is 1. The van der Waals surface area contributed by atoms with E-state index in [1.165, 1.54) is 12.1 Å². The maximum atomic E-state index is 3.67. The van der Waals surface area contributed by atoms with Gasteiger partial charge in [-0.15, -0.1) is 0 Å². The highest BCUT2D eigenvalue weighted by molar-refractivity contribution is 5.19. The molecule has 0 aromatic heterocycles. The predicted molar refractivity (Wildman–Crippen MR) is 60.6 cm³/mol. The predicted octanol–water partition coefficient (Wildman–Crippen LogP) is 3.36. The fourth-order valence-electron chi connectivity index (χ4n) is 1.29. The molecule has 0 saturated heterocycles. The van der Waals surface area contributed by atoms with Gasteiger partial charge in [-0.05, 0) is 26.3 Å². The topological polar surface area (TPSA) is 3.24 Å². The van der Waals surface area contributed by atoms with Crippen LogP contribution < -0.4 is 0 Å². The molecule has 0 unspecified atom stereocenters. The summed E-state index contributed by atoms with van der Waals surface area (Å²) in [5.41, 5.74) is 1.28. The van der Waals surface area contributed by atoms with Gasteiger partial charge in [0.2, 0.25) is 0 Å². The first kappa shape index (κ1) is 12.0. The molecule has 0 fully saturated rings. The molecule has 0 aromatic carbocycles. The molecular weight excluding hydrogens is 158 g/mol. The van der Waals surface area contributed by atoms with Crippen molar-refractivity contribution in [3.05, 3.63) is 36.6 Å². The Balaban J connectivity index is 4.34. The highest BCUT2D eigenvalue weighted by Gasteiger charge is 2.00. The lowest BCUT2D eigenvalue weighted by Crippen LogP contribution is -2.22. The van der Waals surface area contributed by atoms with Crippen LogP contribution in [0.5, 0.6) is 0 Å². The number of allylic oxidation sites excluding steroid dienone is 4. The first-order valence-corrected chi connectivity index (χ1v) is 5.00. The van der Waals surface area contributed by atoms with Gasteiger partial charge < -0.3 is 4.90 Å². The van der Waals surface area contributed by atoms with Crippen molar-refractivity contribution in [3.63, 3.8) is 0 Å². The van der Waals surface area contributed by atoms with Crippen LogP contribution in [-0.4, -0.2) is 18.0 Å². The summed E-state index contributed by atoms with van der Waals surface area (Å²) in [6.45, 7) is 12.3. The van der Waals surface area contributed by atoms with Crippen LogP contribution in [-0.2, 0) is 0 Å². The minimum atomic E-state index is 1.06.